The molecule has 0 atom stereocenters. The average Bonchev–Trinajstić information content (AvgIpc) is 2.78. The second-order valence-electron chi connectivity index (χ2n) is 4.29. The predicted molar refractivity (Wildman–Crippen MR) is 69.8 cm³/mol. The molecule has 0 aliphatic carbocycles. The Morgan fingerprint density at radius 2 is 2.22 bits per heavy atom. The lowest BCUT2D eigenvalue weighted by atomic mass is 10.1. The number of hydrogen-bond acceptors (Lipinski definition) is 3. The van der Waals surface area contributed by atoms with E-state index < -0.39 is 0 Å². The summed E-state index contributed by atoms with van der Waals surface area (Å²) in [6, 6.07) is 6.14. The average molecular weight is 246 g/mol. The number of imidazole rings is 1. The van der Waals surface area contributed by atoms with Crippen molar-refractivity contribution in [2.45, 2.75) is 19.9 Å². The lowest BCUT2D eigenvalue weighted by Crippen LogP contribution is -2.05. The number of benzene rings is 1. The lowest BCUT2D eigenvalue weighted by molar-refractivity contribution is 0.296. The Hall–Kier alpha value is -1.81. The molecule has 1 N–H and O–H groups in total. The minimum Gasteiger partial charge on any atom is -0.496 e. The third-order valence-corrected chi connectivity index (χ3v) is 2.98. The van der Waals surface area contributed by atoms with Crippen molar-refractivity contribution >= 4 is 0 Å². The maximum Gasteiger partial charge on any atom is 0.121 e. The van der Waals surface area contributed by atoms with Crippen molar-refractivity contribution in [1.82, 2.24) is 9.55 Å². The predicted octanol–water partition coefficient (Wildman–Crippen LogP) is 1.78. The van der Waals surface area contributed by atoms with Crippen LogP contribution in [-0.4, -0.2) is 28.4 Å². The molecule has 0 aliphatic heterocycles. The molecule has 0 spiro atoms. The molecule has 1 heterocycles. The molecule has 0 amide bonds. The molecule has 0 saturated heterocycles. The Labute approximate surface area is 107 Å². The van der Waals surface area contributed by atoms with E-state index in [1.165, 1.54) is 5.56 Å². The van der Waals surface area contributed by atoms with Crippen LogP contribution in [-0.2, 0) is 13.0 Å². The molecule has 96 valence electrons. The molecule has 0 aliphatic rings. The summed E-state index contributed by atoms with van der Waals surface area (Å²) in [7, 11) is 1.68. The summed E-state index contributed by atoms with van der Waals surface area (Å²) in [5.41, 5.74) is 3.37. The molecule has 18 heavy (non-hydrogen) atoms. The van der Waals surface area contributed by atoms with E-state index in [1.54, 1.807) is 19.6 Å². The monoisotopic (exact) mass is 246 g/mol. The fourth-order valence-electron chi connectivity index (χ4n) is 2.05. The van der Waals surface area contributed by atoms with E-state index in [2.05, 4.69) is 21.7 Å². The summed E-state index contributed by atoms with van der Waals surface area (Å²) >= 11 is 0. The van der Waals surface area contributed by atoms with Crippen LogP contribution in [0.1, 0.15) is 16.8 Å². The van der Waals surface area contributed by atoms with Crippen LogP contribution >= 0.6 is 0 Å². The van der Waals surface area contributed by atoms with E-state index in [9.17, 15) is 0 Å². The highest BCUT2D eigenvalue weighted by Crippen LogP contribution is 2.19. The van der Waals surface area contributed by atoms with E-state index in [1.807, 2.05) is 13.0 Å². The smallest absolute Gasteiger partial charge is 0.121 e. The number of aliphatic hydroxyl groups is 1. The van der Waals surface area contributed by atoms with Crippen molar-refractivity contribution in [1.29, 1.82) is 0 Å². The highest BCUT2D eigenvalue weighted by atomic mass is 16.5. The van der Waals surface area contributed by atoms with Crippen molar-refractivity contribution in [2.75, 3.05) is 13.7 Å². The van der Waals surface area contributed by atoms with E-state index in [-0.39, 0.29) is 6.61 Å². The van der Waals surface area contributed by atoms with Crippen LogP contribution in [0.5, 0.6) is 5.75 Å². The van der Waals surface area contributed by atoms with Gasteiger partial charge in [-0.15, -0.1) is 0 Å². The maximum atomic E-state index is 8.98. The van der Waals surface area contributed by atoms with Crippen LogP contribution in [0.3, 0.4) is 0 Å². The van der Waals surface area contributed by atoms with Crippen LogP contribution in [0.25, 0.3) is 0 Å². The summed E-state index contributed by atoms with van der Waals surface area (Å²) in [4.78, 5) is 4.12. The molecule has 0 saturated carbocycles. The first kappa shape index (κ1) is 12.6. The van der Waals surface area contributed by atoms with Gasteiger partial charge in [0.1, 0.15) is 5.75 Å². The third-order valence-electron chi connectivity index (χ3n) is 2.98. The summed E-state index contributed by atoms with van der Waals surface area (Å²) in [6.07, 6.45) is 4.23. The molecule has 2 rings (SSSR count). The molecular formula is C14H18N2O2. The Morgan fingerprint density at radius 3 is 2.89 bits per heavy atom. The summed E-state index contributed by atoms with van der Waals surface area (Å²) < 4.78 is 7.30. The molecule has 0 bridgehead atoms. The first-order valence-electron chi connectivity index (χ1n) is 5.98. The Balaban J connectivity index is 2.18. The third kappa shape index (κ3) is 2.71. The summed E-state index contributed by atoms with van der Waals surface area (Å²) in [6.45, 7) is 2.94. The van der Waals surface area contributed by atoms with Gasteiger partial charge in [-0.05, 0) is 24.1 Å². The van der Waals surface area contributed by atoms with Gasteiger partial charge >= 0.3 is 0 Å². The topological polar surface area (TPSA) is 47.3 Å². The van der Waals surface area contributed by atoms with Gasteiger partial charge in [0, 0.05) is 31.5 Å². The van der Waals surface area contributed by atoms with Crippen molar-refractivity contribution in [3.05, 3.63) is 47.5 Å². The van der Waals surface area contributed by atoms with Gasteiger partial charge in [-0.3, -0.25) is 0 Å². The SMILES string of the molecule is COc1ccc(Cn2cncc2CCO)cc1C. The number of rotatable bonds is 5. The Morgan fingerprint density at radius 1 is 1.39 bits per heavy atom. The lowest BCUT2D eigenvalue weighted by Gasteiger charge is -2.10. The summed E-state index contributed by atoms with van der Waals surface area (Å²) in [5.74, 6) is 0.903. The molecule has 2 aromatic rings. The highest BCUT2D eigenvalue weighted by Gasteiger charge is 2.04. The number of aliphatic hydroxyl groups excluding tert-OH is 1. The number of aryl methyl sites for hydroxylation is 1. The maximum absolute atomic E-state index is 8.98. The molecule has 0 unspecified atom stereocenters. The highest BCUT2D eigenvalue weighted by molar-refractivity contribution is 5.36. The van der Waals surface area contributed by atoms with E-state index in [0.717, 1.165) is 23.6 Å². The van der Waals surface area contributed by atoms with Crippen LogP contribution in [0, 0.1) is 6.92 Å². The number of hydrogen-bond donors (Lipinski definition) is 1. The van der Waals surface area contributed by atoms with Gasteiger partial charge < -0.3 is 14.4 Å². The Kier molecular flexibility index (Phi) is 3.99. The number of ether oxygens (including phenoxy) is 1. The van der Waals surface area contributed by atoms with Gasteiger partial charge in [0.2, 0.25) is 0 Å². The zero-order valence-corrected chi connectivity index (χ0v) is 10.8. The van der Waals surface area contributed by atoms with Crippen molar-refractivity contribution in [2.24, 2.45) is 0 Å². The standard InChI is InChI=1S/C14H18N2O2/c1-11-7-12(3-4-14(11)18-2)9-16-10-15-8-13(16)5-6-17/h3-4,7-8,10,17H,5-6,9H2,1-2H3. The second kappa shape index (κ2) is 5.69. The van der Waals surface area contributed by atoms with E-state index >= 15 is 0 Å². The van der Waals surface area contributed by atoms with Gasteiger partial charge in [0.05, 0.1) is 13.4 Å². The van der Waals surface area contributed by atoms with Gasteiger partial charge in [0.15, 0.2) is 0 Å². The molecule has 0 radical (unpaired) electrons. The van der Waals surface area contributed by atoms with Crippen LogP contribution in [0.2, 0.25) is 0 Å². The van der Waals surface area contributed by atoms with Gasteiger partial charge in [0.25, 0.3) is 0 Å². The molecule has 4 nitrogen and oxygen atoms in total. The largest absolute Gasteiger partial charge is 0.496 e. The Bertz CT molecular complexity index is 520. The van der Waals surface area contributed by atoms with Crippen LogP contribution in [0.4, 0.5) is 0 Å². The molecule has 0 fully saturated rings. The number of nitrogens with zero attached hydrogens (tertiary/aromatic N) is 2. The molecule has 1 aromatic heterocycles. The second-order valence-corrected chi connectivity index (χ2v) is 4.29. The minimum atomic E-state index is 0.146. The van der Waals surface area contributed by atoms with Gasteiger partial charge in [-0.1, -0.05) is 12.1 Å². The minimum absolute atomic E-state index is 0.146. The van der Waals surface area contributed by atoms with E-state index in [0.29, 0.717) is 6.42 Å². The van der Waals surface area contributed by atoms with Crippen LogP contribution in [0.15, 0.2) is 30.7 Å². The molecule has 4 heteroatoms. The fraction of sp³-hybridized carbons (Fsp3) is 0.357. The number of aromatic nitrogens is 2. The number of methoxy groups -OCH3 is 1. The zero-order chi connectivity index (χ0) is 13.0. The van der Waals surface area contributed by atoms with Gasteiger partial charge in [-0.2, -0.15) is 0 Å². The molecular weight excluding hydrogens is 228 g/mol. The quantitative estimate of drug-likeness (QED) is 0.874. The zero-order valence-electron chi connectivity index (χ0n) is 10.8. The fourth-order valence-corrected chi connectivity index (χ4v) is 2.05. The molecule has 1 aromatic carbocycles. The summed E-state index contributed by atoms with van der Waals surface area (Å²) in [5, 5.41) is 8.98. The first-order chi connectivity index (χ1) is 8.74. The van der Waals surface area contributed by atoms with E-state index in [4.69, 9.17) is 9.84 Å². The van der Waals surface area contributed by atoms with Crippen LogP contribution < -0.4 is 4.74 Å². The normalized spacial score (nSPS) is 10.6. The van der Waals surface area contributed by atoms with Gasteiger partial charge in [-0.25, -0.2) is 4.98 Å². The van der Waals surface area contributed by atoms with Crippen molar-refractivity contribution in [3.63, 3.8) is 0 Å². The van der Waals surface area contributed by atoms with Crippen molar-refractivity contribution in [3.8, 4) is 5.75 Å². The first-order valence-corrected chi connectivity index (χ1v) is 5.98. The van der Waals surface area contributed by atoms with Crippen molar-refractivity contribution < 1.29 is 9.84 Å².